The maximum absolute atomic E-state index is 12.6. The first-order chi connectivity index (χ1) is 15.6. The Balaban J connectivity index is 1.32. The molecule has 0 bridgehead atoms. The number of hydrogen-bond donors (Lipinski definition) is 1. The fourth-order valence-electron chi connectivity index (χ4n) is 3.03. The molecule has 3 aromatic rings. The molecule has 1 amide bonds. The number of fused-ring (bicyclic) bond motifs is 1. The first kappa shape index (κ1) is 22.2. The van der Waals surface area contributed by atoms with Crippen LogP contribution in [0.25, 0.3) is 0 Å². The van der Waals surface area contributed by atoms with E-state index in [1.807, 2.05) is 24.4 Å². The van der Waals surface area contributed by atoms with E-state index in [9.17, 15) is 9.59 Å². The number of nitrogens with zero attached hydrogens (tertiary/aromatic N) is 1. The van der Waals surface area contributed by atoms with Crippen LogP contribution in [0.3, 0.4) is 0 Å². The summed E-state index contributed by atoms with van der Waals surface area (Å²) in [5.41, 5.74) is 2.80. The summed E-state index contributed by atoms with van der Waals surface area (Å²) >= 11 is 3.14. The van der Waals surface area contributed by atoms with Crippen molar-refractivity contribution in [3.63, 3.8) is 0 Å². The van der Waals surface area contributed by atoms with E-state index in [2.05, 4.69) is 10.3 Å². The van der Waals surface area contributed by atoms with Gasteiger partial charge >= 0.3 is 5.97 Å². The van der Waals surface area contributed by atoms with Gasteiger partial charge in [0.05, 0.1) is 18.8 Å². The fraction of sp³-hybridized carbons (Fsp3) is 0.261. The third-order valence-electron chi connectivity index (χ3n) is 4.55. The molecule has 1 N–H and O–H groups in total. The molecule has 1 aliphatic rings. The average Bonchev–Trinajstić information content (AvgIpc) is 3.07. The molecule has 0 aliphatic carbocycles. The molecular weight excluding hydrogens is 448 g/mol. The van der Waals surface area contributed by atoms with Crippen molar-refractivity contribution in [2.45, 2.75) is 23.4 Å². The smallest absolute Gasteiger partial charge is 0.338 e. The number of carbonyl (C=O) groups excluding carboxylic acids is 2. The van der Waals surface area contributed by atoms with E-state index in [-0.39, 0.29) is 6.61 Å². The normalized spacial score (nSPS) is 12.7. The largest absolute Gasteiger partial charge is 0.490 e. The van der Waals surface area contributed by atoms with Crippen molar-refractivity contribution in [1.82, 2.24) is 4.98 Å². The van der Waals surface area contributed by atoms with Crippen molar-refractivity contribution >= 4 is 40.7 Å². The minimum Gasteiger partial charge on any atom is -0.490 e. The van der Waals surface area contributed by atoms with Gasteiger partial charge in [-0.1, -0.05) is 30.0 Å². The lowest BCUT2D eigenvalue weighted by Gasteiger charge is -2.11. The summed E-state index contributed by atoms with van der Waals surface area (Å²) in [4.78, 5) is 29.3. The van der Waals surface area contributed by atoms with Crippen molar-refractivity contribution in [2.24, 2.45) is 0 Å². The summed E-state index contributed by atoms with van der Waals surface area (Å²) in [6.45, 7) is 2.71. The zero-order chi connectivity index (χ0) is 22.3. The predicted octanol–water partition coefficient (Wildman–Crippen LogP) is 4.70. The molecule has 0 unspecified atom stereocenters. The fourth-order valence-corrected chi connectivity index (χ4v) is 4.88. The van der Waals surface area contributed by atoms with Gasteiger partial charge in [0, 0.05) is 35.0 Å². The van der Waals surface area contributed by atoms with E-state index in [4.69, 9.17) is 14.2 Å². The number of rotatable bonds is 7. The molecule has 166 valence electrons. The molecule has 0 atom stereocenters. The highest BCUT2D eigenvalue weighted by molar-refractivity contribution is 8.00. The molecule has 0 radical (unpaired) electrons. The number of ether oxygens (including phenoxy) is 3. The lowest BCUT2D eigenvalue weighted by atomic mass is 10.1. The first-order valence-electron chi connectivity index (χ1n) is 10.1. The Morgan fingerprint density at radius 2 is 1.97 bits per heavy atom. The summed E-state index contributed by atoms with van der Waals surface area (Å²) in [6.07, 6.45) is 0.801. The van der Waals surface area contributed by atoms with E-state index in [0.717, 1.165) is 22.0 Å². The third kappa shape index (κ3) is 5.80. The van der Waals surface area contributed by atoms with E-state index >= 15 is 0 Å². The van der Waals surface area contributed by atoms with Crippen LogP contribution in [0.1, 0.15) is 28.0 Å². The molecule has 7 nitrogen and oxygen atoms in total. The molecule has 9 heteroatoms. The molecule has 4 rings (SSSR count). The number of aryl methyl sites for hydroxylation is 1. The van der Waals surface area contributed by atoms with Gasteiger partial charge in [0.2, 0.25) is 0 Å². The molecule has 0 spiro atoms. The van der Waals surface area contributed by atoms with Crippen LogP contribution in [0.2, 0.25) is 0 Å². The van der Waals surface area contributed by atoms with Crippen molar-refractivity contribution < 1.29 is 23.8 Å². The number of thioether (sulfide) groups is 1. The molecule has 2 heterocycles. The number of anilines is 1. The van der Waals surface area contributed by atoms with Crippen LogP contribution < -0.4 is 14.8 Å². The van der Waals surface area contributed by atoms with E-state index < -0.39 is 11.9 Å². The number of thiazole rings is 1. The van der Waals surface area contributed by atoms with Gasteiger partial charge in [0.25, 0.3) is 5.91 Å². The summed E-state index contributed by atoms with van der Waals surface area (Å²) in [6, 6.07) is 12.4. The zero-order valence-electron chi connectivity index (χ0n) is 17.5. The number of nitrogens with one attached hydrogen (secondary N) is 1. The van der Waals surface area contributed by atoms with Crippen molar-refractivity contribution in [3.05, 3.63) is 64.7 Å². The summed E-state index contributed by atoms with van der Waals surface area (Å²) in [7, 11) is 0. The molecule has 0 saturated carbocycles. The van der Waals surface area contributed by atoms with Gasteiger partial charge in [-0.3, -0.25) is 4.79 Å². The molecular formula is C23H22N2O5S2. The second-order valence-electron chi connectivity index (χ2n) is 7.04. The molecule has 0 saturated heterocycles. The Hall–Kier alpha value is -3.04. The quantitative estimate of drug-likeness (QED) is 0.396. The van der Waals surface area contributed by atoms with E-state index in [1.165, 1.54) is 0 Å². The van der Waals surface area contributed by atoms with Gasteiger partial charge in [-0.25, -0.2) is 9.78 Å². The zero-order valence-corrected chi connectivity index (χ0v) is 19.1. The Labute approximate surface area is 194 Å². The number of esters is 1. The number of hydrogen-bond acceptors (Lipinski definition) is 8. The van der Waals surface area contributed by atoms with E-state index in [0.29, 0.717) is 41.7 Å². The van der Waals surface area contributed by atoms with Crippen LogP contribution in [0, 0.1) is 6.92 Å². The Kier molecular flexibility index (Phi) is 7.28. The minimum absolute atomic E-state index is 0.388. The van der Waals surface area contributed by atoms with Gasteiger partial charge in [-0.15, -0.1) is 11.3 Å². The topological polar surface area (TPSA) is 86.8 Å². The minimum atomic E-state index is -0.537. The lowest BCUT2D eigenvalue weighted by molar-refractivity contribution is -0.119. The predicted molar refractivity (Wildman–Crippen MR) is 124 cm³/mol. The van der Waals surface area contributed by atoms with Crippen molar-refractivity contribution in [1.29, 1.82) is 0 Å². The Morgan fingerprint density at radius 1 is 1.16 bits per heavy atom. The molecule has 1 aromatic heterocycles. The number of carbonyl (C=O) groups is 2. The second-order valence-corrected chi connectivity index (χ2v) is 9.12. The summed E-state index contributed by atoms with van der Waals surface area (Å²) in [5.74, 6) is 0.846. The highest BCUT2D eigenvalue weighted by Gasteiger charge is 2.16. The SMILES string of the molecule is Cc1csc(SCc2ccccc2C(=O)OCC(=O)Nc2ccc3c(c2)OCCCO3)n1. The molecule has 2 aromatic carbocycles. The number of benzene rings is 2. The van der Waals surface area contributed by atoms with Gasteiger partial charge in [-0.2, -0.15) is 0 Å². The maximum atomic E-state index is 12.6. The van der Waals surface area contributed by atoms with Crippen LogP contribution in [0.5, 0.6) is 11.5 Å². The summed E-state index contributed by atoms with van der Waals surface area (Å²) < 4.78 is 17.4. The van der Waals surface area contributed by atoms with Gasteiger partial charge < -0.3 is 19.5 Å². The van der Waals surface area contributed by atoms with Crippen LogP contribution >= 0.6 is 23.1 Å². The molecule has 1 aliphatic heterocycles. The van der Waals surface area contributed by atoms with Crippen molar-refractivity contribution in [3.8, 4) is 11.5 Å². The Morgan fingerprint density at radius 3 is 2.78 bits per heavy atom. The first-order valence-corrected chi connectivity index (χ1v) is 11.9. The number of aromatic nitrogens is 1. The Bertz CT molecular complexity index is 1120. The molecule has 32 heavy (non-hydrogen) atoms. The van der Waals surface area contributed by atoms with Crippen molar-refractivity contribution in [2.75, 3.05) is 25.1 Å². The standard InChI is InChI=1S/C23H22N2O5S2/c1-15-13-31-23(24-15)32-14-16-5-2-3-6-18(16)22(27)30-12-21(26)25-17-7-8-19-20(11-17)29-10-4-9-28-19/h2-3,5-8,11,13H,4,9-10,12,14H2,1H3,(H,25,26). The maximum Gasteiger partial charge on any atom is 0.338 e. The van der Waals surface area contributed by atoms with Gasteiger partial charge in [0.15, 0.2) is 18.1 Å². The second kappa shape index (κ2) is 10.5. The monoisotopic (exact) mass is 470 g/mol. The highest BCUT2D eigenvalue weighted by Crippen LogP contribution is 2.32. The third-order valence-corrected chi connectivity index (χ3v) is 6.74. The van der Waals surface area contributed by atoms with E-state index in [1.54, 1.807) is 53.4 Å². The number of amides is 1. The lowest BCUT2D eigenvalue weighted by Crippen LogP contribution is -2.21. The highest BCUT2D eigenvalue weighted by atomic mass is 32.2. The van der Waals surface area contributed by atoms with Gasteiger partial charge in [0.1, 0.15) is 4.34 Å². The van der Waals surface area contributed by atoms with Crippen LogP contribution in [-0.4, -0.2) is 36.7 Å². The average molecular weight is 471 g/mol. The van der Waals surface area contributed by atoms with Gasteiger partial charge in [-0.05, 0) is 30.7 Å². The summed E-state index contributed by atoms with van der Waals surface area (Å²) in [5, 5.41) is 4.71. The molecule has 0 fully saturated rings. The van der Waals surface area contributed by atoms with Crippen LogP contribution in [0.15, 0.2) is 52.2 Å². The van der Waals surface area contributed by atoms with Crippen LogP contribution in [0.4, 0.5) is 5.69 Å². The van der Waals surface area contributed by atoms with Crippen LogP contribution in [-0.2, 0) is 15.3 Å².